The number of aromatic carboxylic acids is 1. The number of carboxylic acid groups (broad SMARTS) is 1. The summed E-state index contributed by atoms with van der Waals surface area (Å²) in [6, 6.07) is 14.7. The van der Waals surface area contributed by atoms with E-state index in [1.165, 1.54) is 29.1 Å². The molecule has 0 aliphatic rings. The molecule has 6 aromatic rings. The van der Waals surface area contributed by atoms with Gasteiger partial charge in [0.1, 0.15) is 29.6 Å². The normalized spacial score (nSPS) is 11.5. The number of rotatable bonds is 6. The predicted octanol–water partition coefficient (Wildman–Crippen LogP) is 6.56. The number of hydrogen-bond donors (Lipinski definition) is 3. The number of aromatic amines is 1. The summed E-state index contributed by atoms with van der Waals surface area (Å²) in [5.74, 6) is -3.86. The highest BCUT2D eigenvalue weighted by Gasteiger charge is 2.28. The van der Waals surface area contributed by atoms with Crippen LogP contribution in [0.25, 0.3) is 33.5 Å². The molecule has 0 aliphatic carbocycles. The Morgan fingerprint density at radius 2 is 1.88 bits per heavy atom. The van der Waals surface area contributed by atoms with Gasteiger partial charge in [-0.25, -0.2) is 14.2 Å². The predicted molar refractivity (Wildman–Crippen MR) is 147 cm³/mol. The molecule has 0 atom stereocenters. The number of anilines is 1. The minimum atomic E-state index is -3.01. The summed E-state index contributed by atoms with van der Waals surface area (Å²) in [6.07, 6.45) is 1.59. The number of aryl methyl sites for hydroxylation is 2. The Morgan fingerprint density at radius 1 is 1.12 bits per heavy atom. The fourth-order valence-electron chi connectivity index (χ4n) is 4.40. The zero-order chi connectivity index (χ0) is 30.2. The van der Waals surface area contributed by atoms with Crippen LogP contribution in [0.4, 0.5) is 19.0 Å². The second-order valence-corrected chi connectivity index (χ2v) is 9.61. The van der Waals surface area contributed by atoms with Crippen molar-refractivity contribution in [2.45, 2.75) is 33.2 Å². The number of aromatic nitrogens is 5. The molecule has 0 radical (unpaired) electrons. The smallest absolute Gasteiger partial charge is 0.358 e. The van der Waals surface area contributed by atoms with Gasteiger partial charge in [-0.3, -0.25) is 0 Å². The number of nitrogens with two attached hydrogens (primary N) is 1. The van der Waals surface area contributed by atoms with Crippen molar-refractivity contribution in [1.29, 1.82) is 0 Å². The summed E-state index contributed by atoms with van der Waals surface area (Å²) in [5.41, 5.74) is 9.20. The summed E-state index contributed by atoms with van der Waals surface area (Å²) in [5, 5.41) is 18.5. The lowest BCUT2D eigenvalue weighted by Crippen LogP contribution is -2.05. The van der Waals surface area contributed by atoms with Crippen LogP contribution in [-0.4, -0.2) is 36.0 Å². The van der Waals surface area contributed by atoms with Crippen LogP contribution in [0.2, 0.25) is 0 Å². The van der Waals surface area contributed by atoms with E-state index in [1.54, 1.807) is 26.1 Å². The van der Waals surface area contributed by atoms with Crippen molar-refractivity contribution >= 4 is 22.7 Å². The van der Waals surface area contributed by atoms with E-state index in [-0.39, 0.29) is 29.6 Å². The standard InChI is InChI=1S/C17H15F2N5O.C12H10FNO3/c1-17(18,19)14-7-6-10(25-14)9-24-21-8-13(23-24)15-11-4-2-3-5-12(11)22-16(15)20;1-6-3-8(5-9(13)4-6)11-10(12(15)16)14-7(2)17-11/h2-8,22H,9,20H2,1H3;3-5H,1-2H3,(H,15,16). The Labute approximate surface area is 236 Å². The lowest BCUT2D eigenvalue weighted by Gasteiger charge is -2.05. The maximum Gasteiger partial charge on any atom is 0.358 e. The van der Waals surface area contributed by atoms with E-state index in [4.69, 9.17) is 19.7 Å². The number of para-hydroxylation sites is 1. The number of alkyl halides is 2. The zero-order valence-electron chi connectivity index (χ0n) is 22.7. The number of nitrogen functional groups attached to an aromatic ring is 1. The highest BCUT2D eigenvalue weighted by molar-refractivity contribution is 6.00. The monoisotopic (exact) mass is 578 g/mol. The van der Waals surface area contributed by atoms with Gasteiger partial charge >= 0.3 is 11.9 Å². The maximum atomic E-state index is 13.2. The average Bonchev–Trinajstić information content (AvgIpc) is 3.69. The number of hydrogen-bond acceptors (Lipinski definition) is 7. The Morgan fingerprint density at radius 3 is 2.57 bits per heavy atom. The van der Waals surface area contributed by atoms with Gasteiger partial charge in [0.25, 0.3) is 0 Å². The first kappa shape index (κ1) is 28.2. The molecule has 216 valence electrons. The van der Waals surface area contributed by atoms with Crippen molar-refractivity contribution in [3.63, 3.8) is 0 Å². The molecule has 0 spiro atoms. The number of benzene rings is 2. The summed E-state index contributed by atoms with van der Waals surface area (Å²) in [6.45, 7) is 4.20. The van der Waals surface area contributed by atoms with Gasteiger partial charge in [-0.15, -0.1) is 0 Å². The molecule has 0 amide bonds. The van der Waals surface area contributed by atoms with Crippen LogP contribution in [-0.2, 0) is 12.5 Å². The molecule has 0 unspecified atom stereocenters. The van der Waals surface area contributed by atoms with Crippen molar-refractivity contribution in [2.75, 3.05) is 5.73 Å². The molecule has 10 nitrogen and oxygen atoms in total. The van der Waals surface area contributed by atoms with E-state index < -0.39 is 17.7 Å². The third-order valence-corrected chi connectivity index (χ3v) is 6.16. The van der Waals surface area contributed by atoms with Crippen LogP contribution in [0.5, 0.6) is 0 Å². The summed E-state index contributed by atoms with van der Waals surface area (Å²) >= 11 is 0. The summed E-state index contributed by atoms with van der Waals surface area (Å²) in [4.78, 5) is 19.2. The van der Waals surface area contributed by atoms with Gasteiger partial charge in [-0.05, 0) is 48.9 Å². The summed E-state index contributed by atoms with van der Waals surface area (Å²) < 4.78 is 50.1. The van der Waals surface area contributed by atoms with E-state index >= 15 is 0 Å². The lowest BCUT2D eigenvalue weighted by atomic mass is 10.1. The Balaban J connectivity index is 0.000000181. The third kappa shape index (κ3) is 5.89. The first-order valence-electron chi connectivity index (χ1n) is 12.6. The van der Waals surface area contributed by atoms with Crippen LogP contribution >= 0.6 is 0 Å². The van der Waals surface area contributed by atoms with Crippen LogP contribution in [0.1, 0.15) is 40.4 Å². The van der Waals surface area contributed by atoms with Crippen molar-refractivity contribution < 1.29 is 31.9 Å². The number of carboxylic acids is 1. The van der Waals surface area contributed by atoms with Crippen molar-refractivity contribution in [3.05, 3.63) is 95.3 Å². The fraction of sp³-hybridized carbons (Fsp3) is 0.172. The number of carbonyl (C=O) groups is 1. The number of nitrogens with zero attached hydrogens (tertiary/aromatic N) is 4. The molecule has 0 saturated heterocycles. The quantitative estimate of drug-likeness (QED) is 0.201. The second-order valence-electron chi connectivity index (χ2n) is 9.61. The number of H-pyrrole nitrogens is 1. The number of oxazole rings is 1. The van der Waals surface area contributed by atoms with E-state index in [0.29, 0.717) is 28.4 Å². The van der Waals surface area contributed by atoms with Gasteiger partial charge in [-0.1, -0.05) is 18.2 Å². The molecular formula is C29H25F3N6O4. The van der Waals surface area contributed by atoms with E-state index in [1.807, 2.05) is 24.3 Å². The largest absolute Gasteiger partial charge is 0.476 e. The lowest BCUT2D eigenvalue weighted by molar-refractivity contribution is -0.00641. The van der Waals surface area contributed by atoms with Gasteiger partial charge < -0.3 is 24.7 Å². The van der Waals surface area contributed by atoms with Crippen LogP contribution in [0.15, 0.2) is 69.6 Å². The molecule has 6 rings (SSSR count). The highest BCUT2D eigenvalue weighted by atomic mass is 19.3. The molecule has 2 aromatic carbocycles. The molecule has 42 heavy (non-hydrogen) atoms. The first-order chi connectivity index (χ1) is 19.9. The van der Waals surface area contributed by atoms with Crippen molar-refractivity contribution in [1.82, 2.24) is 25.0 Å². The van der Waals surface area contributed by atoms with E-state index in [9.17, 15) is 18.0 Å². The molecule has 0 bridgehead atoms. The Hall–Kier alpha value is -5.33. The molecule has 4 N–H and O–H groups in total. The molecular weight excluding hydrogens is 553 g/mol. The van der Waals surface area contributed by atoms with Crippen LogP contribution in [0.3, 0.4) is 0 Å². The van der Waals surface area contributed by atoms with Gasteiger partial charge in [0.05, 0.1) is 11.8 Å². The number of nitrogens with one attached hydrogen (secondary N) is 1. The Bertz CT molecular complexity index is 1880. The molecule has 13 heteroatoms. The SMILES string of the molecule is CC(F)(F)c1ccc(Cn2ncc(-c3c(N)[nH]c4ccccc34)n2)o1.Cc1cc(F)cc(-c2oc(C)nc2C(=O)O)c1. The summed E-state index contributed by atoms with van der Waals surface area (Å²) in [7, 11) is 0. The minimum Gasteiger partial charge on any atom is -0.476 e. The van der Waals surface area contributed by atoms with Gasteiger partial charge in [0.15, 0.2) is 23.1 Å². The van der Waals surface area contributed by atoms with E-state index in [2.05, 4.69) is 20.2 Å². The Kier molecular flexibility index (Phi) is 7.33. The molecule has 4 aromatic heterocycles. The average molecular weight is 579 g/mol. The number of halogens is 3. The maximum absolute atomic E-state index is 13.2. The molecule has 0 fully saturated rings. The zero-order valence-corrected chi connectivity index (χ0v) is 22.7. The van der Waals surface area contributed by atoms with E-state index in [0.717, 1.165) is 23.4 Å². The molecule has 4 heterocycles. The van der Waals surface area contributed by atoms with Gasteiger partial charge in [0.2, 0.25) is 0 Å². The highest BCUT2D eigenvalue weighted by Crippen LogP contribution is 2.33. The third-order valence-electron chi connectivity index (χ3n) is 6.16. The number of furan rings is 1. The topological polar surface area (TPSA) is 149 Å². The van der Waals surface area contributed by atoms with Crippen LogP contribution in [0, 0.1) is 19.7 Å². The first-order valence-corrected chi connectivity index (χ1v) is 12.6. The van der Waals surface area contributed by atoms with Gasteiger partial charge in [-0.2, -0.15) is 23.8 Å². The molecule has 0 saturated carbocycles. The number of fused-ring (bicyclic) bond motifs is 1. The molecule has 0 aliphatic heterocycles. The van der Waals surface area contributed by atoms with Gasteiger partial charge in [0, 0.05) is 30.3 Å². The van der Waals surface area contributed by atoms with Crippen molar-refractivity contribution in [3.8, 4) is 22.6 Å². The van der Waals surface area contributed by atoms with Crippen LogP contribution < -0.4 is 5.73 Å². The fourth-order valence-corrected chi connectivity index (χ4v) is 4.40. The van der Waals surface area contributed by atoms with Crippen molar-refractivity contribution in [2.24, 2.45) is 0 Å². The minimum absolute atomic E-state index is 0.0811. The second kappa shape index (κ2) is 10.9.